The molecule has 4 rings (SSSR count). The molecule has 0 bridgehead atoms. The third-order valence-corrected chi connectivity index (χ3v) is 6.62. The molecule has 0 saturated heterocycles. The zero-order valence-electron chi connectivity index (χ0n) is 14.6. The van der Waals surface area contributed by atoms with Crippen molar-refractivity contribution in [3.05, 3.63) is 71.1 Å². The van der Waals surface area contributed by atoms with Crippen LogP contribution in [0, 0.1) is 0 Å². The van der Waals surface area contributed by atoms with Gasteiger partial charge < -0.3 is 5.32 Å². The minimum Gasteiger partial charge on any atom is -0.314 e. The van der Waals surface area contributed by atoms with Crippen molar-refractivity contribution in [2.45, 2.75) is 10.6 Å². The molecule has 28 heavy (non-hydrogen) atoms. The Morgan fingerprint density at radius 2 is 1.75 bits per heavy atom. The molecule has 0 fully saturated rings. The third-order valence-electron chi connectivity index (χ3n) is 4.62. The lowest BCUT2D eigenvalue weighted by Gasteiger charge is -2.28. The molecule has 0 spiro atoms. The topological polar surface area (TPSA) is 80.3 Å². The van der Waals surface area contributed by atoms with E-state index in [0.717, 1.165) is 17.6 Å². The van der Waals surface area contributed by atoms with E-state index in [1.807, 2.05) is 0 Å². The highest BCUT2D eigenvalue weighted by molar-refractivity contribution is 7.90. The van der Waals surface area contributed by atoms with Gasteiger partial charge in [0.2, 0.25) is 5.78 Å². The zero-order valence-corrected chi connectivity index (χ0v) is 16.2. The number of amides is 1. The van der Waals surface area contributed by atoms with E-state index in [0.29, 0.717) is 11.1 Å². The summed E-state index contributed by atoms with van der Waals surface area (Å²) in [6, 6.07) is 13.6. The number of carbonyl (C=O) groups excluding carboxylic acids is 2. The number of ketones is 1. The van der Waals surface area contributed by atoms with Gasteiger partial charge >= 0.3 is 0 Å². The van der Waals surface area contributed by atoms with E-state index in [-0.39, 0.29) is 21.0 Å². The molecule has 1 aliphatic rings. The fourth-order valence-corrected chi connectivity index (χ4v) is 4.81. The lowest BCUT2D eigenvalue weighted by Crippen LogP contribution is -2.47. The molecule has 8 heteroatoms. The summed E-state index contributed by atoms with van der Waals surface area (Å²) in [6.45, 7) is 0. The molecule has 0 aliphatic carbocycles. The van der Waals surface area contributed by atoms with Crippen molar-refractivity contribution in [1.82, 2.24) is 0 Å². The van der Waals surface area contributed by atoms with E-state index >= 15 is 4.39 Å². The number of fused-ring (bicyclic) bond motifs is 1. The number of halogens is 1. The monoisotopic (exact) mass is 415 g/mol. The molecule has 2 aromatic carbocycles. The number of anilines is 1. The summed E-state index contributed by atoms with van der Waals surface area (Å²) in [5, 5.41) is 4.34. The molecule has 2 heterocycles. The summed E-state index contributed by atoms with van der Waals surface area (Å²) in [6.07, 6.45) is 1.09. The van der Waals surface area contributed by atoms with Gasteiger partial charge in [0.15, 0.2) is 9.84 Å². The number of carbonyl (C=O) groups is 2. The molecule has 5 nitrogen and oxygen atoms in total. The summed E-state index contributed by atoms with van der Waals surface area (Å²) in [5.74, 6) is -1.99. The van der Waals surface area contributed by atoms with Gasteiger partial charge in [0, 0.05) is 22.8 Å². The largest absolute Gasteiger partial charge is 0.314 e. The smallest absolute Gasteiger partial charge is 0.275 e. The Hall–Kier alpha value is -2.84. The van der Waals surface area contributed by atoms with Gasteiger partial charge in [0.1, 0.15) is 5.00 Å². The highest BCUT2D eigenvalue weighted by atomic mass is 32.2. The van der Waals surface area contributed by atoms with Gasteiger partial charge in [-0.3, -0.25) is 9.59 Å². The predicted octanol–water partition coefficient (Wildman–Crippen LogP) is 3.82. The SMILES string of the molecule is CS(=O)(=O)c1cccc(-c2csc3c2C(=O)C(F)(c2ccccc2)C(=O)N3)c1. The second-order valence-corrected chi connectivity index (χ2v) is 9.36. The quantitative estimate of drug-likeness (QED) is 0.660. The van der Waals surface area contributed by atoms with Crippen LogP contribution < -0.4 is 5.32 Å². The first-order valence-corrected chi connectivity index (χ1v) is 11.0. The van der Waals surface area contributed by atoms with Crippen LogP contribution in [0.15, 0.2) is 64.9 Å². The molecule has 142 valence electrons. The molecule has 3 aromatic rings. The molecule has 1 aromatic heterocycles. The number of alkyl halides is 1. The number of rotatable bonds is 3. The maximum Gasteiger partial charge on any atom is 0.275 e. The summed E-state index contributed by atoms with van der Waals surface area (Å²) in [7, 11) is -3.45. The van der Waals surface area contributed by atoms with Crippen LogP contribution in [0.5, 0.6) is 0 Å². The Morgan fingerprint density at radius 3 is 2.43 bits per heavy atom. The number of hydrogen-bond acceptors (Lipinski definition) is 5. The Labute approximate surface area is 164 Å². The van der Waals surface area contributed by atoms with Crippen LogP contribution in [-0.2, 0) is 20.3 Å². The van der Waals surface area contributed by atoms with Crippen LogP contribution in [-0.4, -0.2) is 26.4 Å². The van der Waals surface area contributed by atoms with Crippen LogP contribution in [0.3, 0.4) is 0 Å². The molecule has 1 N–H and O–H groups in total. The van der Waals surface area contributed by atoms with E-state index in [1.54, 1.807) is 35.7 Å². The molecule has 0 radical (unpaired) electrons. The Morgan fingerprint density at radius 1 is 1.04 bits per heavy atom. The Balaban J connectivity index is 1.89. The second-order valence-electron chi connectivity index (χ2n) is 6.46. The average Bonchev–Trinajstić information content (AvgIpc) is 3.10. The Kier molecular flexibility index (Phi) is 4.20. The van der Waals surface area contributed by atoms with Gasteiger partial charge in [-0.2, -0.15) is 0 Å². The van der Waals surface area contributed by atoms with Crippen molar-refractivity contribution < 1.29 is 22.4 Å². The van der Waals surface area contributed by atoms with E-state index < -0.39 is 27.2 Å². The van der Waals surface area contributed by atoms with Gasteiger partial charge in [0.05, 0.1) is 10.5 Å². The van der Waals surface area contributed by atoms with Crippen LogP contribution >= 0.6 is 11.3 Å². The van der Waals surface area contributed by atoms with Crippen molar-refractivity contribution in [2.24, 2.45) is 0 Å². The van der Waals surface area contributed by atoms with Crippen molar-refractivity contribution >= 4 is 37.9 Å². The second kappa shape index (κ2) is 6.35. The third kappa shape index (κ3) is 2.76. The van der Waals surface area contributed by atoms with Gasteiger partial charge in [-0.15, -0.1) is 11.3 Å². The van der Waals surface area contributed by atoms with Gasteiger partial charge in [0.25, 0.3) is 11.6 Å². The maximum absolute atomic E-state index is 15.8. The summed E-state index contributed by atoms with van der Waals surface area (Å²) >= 11 is 1.09. The number of nitrogens with one attached hydrogen (secondary N) is 1. The lowest BCUT2D eigenvalue weighted by atomic mass is 9.83. The molecule has 1 aliphatic heterocycles. The minimum atomic E-state index is -3.45. The normalized spacial score (nSPS) is 19.2. The molecular formula is C20H14FNO4S2. The lowest BCUT2D eigenvalue weighted by molar-refractivity contribution is -0.125. The van der Waals surface area contributed by atoms with E-state index in [2.05, 4.69) is 5.32 Å². The fourth-order valence-electron chi connectivity index (χ4n) is 3.18. The fraction of sp³-hybridized carbons (Fsp3) is 0.100. The van der Waals surface area contributed by atoms with Gasteiger partial charge in [-0.05, 0) is 17.7 Å². The van der Waals surface area contributed by atoms with E-state index in [9.17, 15) is 18.0 Å². The molecule has 1 unspecified atom stereocenters. The number of sulfone groups is 1. The van der Waals surface area contributed by atoms with E-state index in [1.165, 1.54) is 24.3 Å². The molecule has 1 atom stereocenters. The van der Waals surface area contributed by atoms with Gasteiger partial charge in [-0.1, -0.05) is 42.5 Å². The molecular weight excluding hydrogens is 401 g/mol. The average molecular weight is 415 g/mol. The van der Waals surface area contributed by atoms with Crippen molar-refractivity contribution in [3.8, 4) is 11.1 Å². The van der Waals surface area contributed by atoms with Gasteiger partial charge in [-0.25, -0.2) is 12.8 Å². The summed E-state index contributed by atoms with van der Waals surface area (Å²) < 4.78 is 39.5. The maximum atomic E-state index is 15.8. The predicted molar refractivity (Wildman–Crippen MR) is 105 cm³/mol. The highest BCUT2D eigenvalue weighted by Gasteiger charge is 2.53. The summed E-state index contributed by atoms with van der Waals surface area (Å²) in [4.78, 5) is 25.7. The first kappa shape index (κ1) is 18.5. The van der Waals surface area contributed by atoms with Crippen LogP contribution in [0.2, 0.25) is 0 Å². The number of Topliss-reactive ketones (excluding diaryl/α,β-unsaturated/α-hetero) is 1. The van der Waals surface area contributed by atoms with Crippen molar-refractivity contribution in [2.75, 3.05) is 11.6 Å². The first-order chi connectivity index (χ1) is 13.2. The summed E-state index contributed by atoms with van der Waals surface area (Å²) in [5.41, 5.74) is -2.01. The van der Waals surface area contributed by atoms with Crippen molar-refractivity contribution in [1.29, 1.82) is 0 Å². The van der Waals surface area contributed by atoms with E-state index in [4.69, 9.17) is 0 Å². The number of thiophene rings is 1. The minimum absolute atomic E-state index is 0.0432. The zero-order chi connectivity index (χ0) is 20.1. The van der Waals surface area contributed by atoms with Crippen LogP contribution in [0.4, 0.5) is 9.39 Å². The highest BCUT2D eigenvalue weighted by Crippen LogP contribution is 2.45. The van der Waals surface area contributed by atoms with Crippen LogP contribution in [0.1, 0.15) is 15.9 Å². The van der Waals surface area contributed by atoms with Crippen molar-refractivity contribution in [3.63, 3.8) is 0 Å². The van der Waals surface area contributed by atoms with Crippen LogP contribution in [0.25, 0.3) is 11.1 Å². The molecule has 1 amide bonds. The molecule has 0 saturated carbocycles. The standard InChI is InChI=1S/C20H14FNO4S2/c1-28(25,26)14-9-5-6-12(10-14)15-11-27-18-16(15)17(23)20(21,19(24)22-18)13-7-3-2-4-8-13/h2-11H,1H3,(H,22,24). The Bertz CT molecular complexity index is 1220. The number of benzene rings is 2. The number of hydrogen-bond donors (Lipinski definition) is 1. The first-order valence-electron chi connectivity index (χ1n) is 8.25.